The molecule has 0 bridgehead atoms. The molecule has 0 saturated carbocycles. The van der Waals surface area contributed by atoms with Gasteiger partial charge in [0.15, 0.2) is 0 Å². The molecule has 0 fully saturated rings. The van der Waals surface area contributed by atoms with E-state index >= 15 is 0 Å². The molecule has 0 aliphatic carbocycles. The van der Waals surface area contributed by atoms with Crippen LogP contribution >= 0.6 is 0 Å². The van der Waals surface area contributed by atoms with E-state index in [0.29, 0.717) is 23.3 Å². The van der Waals surface area contributed by atoms with Gasteiger partial charge in [-0.3, -0.25) is 0 Å². The number of aromatic nitrogens is 1. The molecule has 4 aromatic carbocycles. The molecule has 5 aromatic rings. The van der Waals surface area contributed by atoms with Crippen molar-refractivity contribution in [1.82, 2.24) is 4.98 Å². The van der Waals surface area contributed by atoms with Gasteiger partial charge in [0, 0.05) is 21.9 Å². The number of hydrogen-bond acceptors (Lipinski definition) is 3. The lowest BCUT2D eigenvalue weighted by atomic mass is 9.94. The average Bonchev–Trinajstić information content (AvgIpc) is 3.28. The van der Waals surface area contributed by atoms with Crippen LogP contribution in [0, 0.1) is 18.3 Å². The predicted octanol–water partition coefficient (Wildman–Crippen LogP) is 7.40. The third kappa shape index (κ3) is 3.79. The molecular formula is C30H24N2O3. The highest BCUT2D eigenvalue weighted by atomic mass is 16.5. The molecule has 2 N–H and O–H groups in total. The van der Waals surface area contributed by atoms with E-state index in [1.54, 1.807) is 6.07 Å². The van der Waals surface area contributed by atoms with Gasteiger partial charge < -0.3 is 14.8 Å². The summed E-state index contributed by atoms with van der Waals surface area (Å²) >= 11 is 0. The fourth-order valence-corrected chi connectivity index (χ4v) is 4.81. The minimum atomic E-state index is -1.04. The second-order valence-corrected chi connectivity index (χ2v) is 8.53. The van der Waals surface area contributed by atoms with E-state index in [9.17, 15) is 15.2 Å². The normalized spacial score (nSPS) is 11.9. The Labute approximate surface area is 203 Å². The third-order valence-electron chi connectivity index (χ3n) is 6.54. The standard InChI is InChI=1S/C30H24N2O3/c1-3-25(35-26-16-7-10-19-9-4-5-12-22(19)26)27-24-15-8-14-23(28(24)32-29(27)30(33)34)21-13-6-11-20(17-31)18(21)2/h4-16,25,32H,3H2,1-2H3,(H,33,34). The average molecular weight is 461 g/mol. The second kappa shape index (κ2) is 9.00. The number of fused-ring (bicyclic) bond motifs is 2. The number of carboxylic acid groups (broad SMARTS) is 1. The number of nitrogens with zero attached hydrogens (tertiary/aromatic N) is 1. The first kappa shape index (κ1) is 22.2. The van der Waals surface area contributed by atoms with E-state index < -0.39 is 12.1 Å². The van der Waals surface area contributed by atoms with E-state index in [1.807, 2.05) is 86.6 Å². The molecule has 0 radical (unpaired) electrons. The number of hydrogen-bond donors (Lipinski definition) is 2. The highest BCUT2D eigenvalue weighted by Crippen LogP contribution is 2.39. The quantitative estimate of drug-likeness (QED) is 0.276. The van der Waals surface area contributed by atoms with Crippen LogP contribution < -0.4 is 4.74 Å². The number of rotatable bonds is 6. The molecule has 5 rings (SSSR count). The van der Waals surface area contributed by atoms with Crippen molar-refractivity contribution in [3.8, 4) is 22.9 Å². The van der Waals surface area contributed by atoms with Gasteiger partial charge in [-0.2, -0.15) is 5.26 Å². The van der Waals surface area contributed by atoms with E-state index in [2.05, 4.69) is 11.1 Å². The van der Waals surface area contributed by atoms with Crippen molar-refractivity contribution in [3.63, 3.8) is 0 Å². The van der Waals surface area contributed by atoms with Crippen LogP contribution in [0.25, 0.3) is 32.8 Å². The largest absolute Gasteiger partial charge is 0.485 e. The maximum absolute atomic E-state index is 12.4. The Hall–Kier alpha value is -4.56. The van der Waals surface area contributed by atoms with Gasteiger partial charge in [0.25, 0.3) is 0 Å². The van der Waals surface area contributed by atoms with Crippen LogP contribution in [0.15, 0.2) is 78.9 Å². The van der Waals surface area contributed by atoms with Crippen LogP contribution in [0.3, 0.4) is 0 Å². The number of aromatic amines is 1. The minimum Gasteiger partial charge on any atom is -0.485 e. The Balaban J connectivity index is 1.70. The molecule has 1 aromatic heterocycles. The summed E-state index contributed by atoms with van der Waals surface area (Å²) in [7, 11) is 0. The molecule has 0 amide bonds. The number of H-pyrrole nitrogens is 1. The van der Waals surface area contributed by atoms with E-state index in [0.717, 1.165) is 38.4 Å². The minimum absolute atomic E-state index is 0.119. The molecular weight excluding hydrogens is 436 g/mol. The van der Waals surface area contributed by atoms with Crippen molar-refractivity contribution in [2.24, 2.45) is 0 Å². The zero-order chi connectivity index (χ0) is 24.5. The number of para-hydroxylation sites is 1. The molecule has 1 unspecified atom stereocenters. The van der Waals surface area contributed by atoms with E-state index in [1.165, 1.54) is 0 Å². The van der Waals surface area contributed by atoms with Crippen molar-refractivity contribution >= 4 is 27.6 Å². The molecule has 0 spiro atoms. The summed E-state index contributed by atoms with van der Waals surface area (Å²) in [6, 6.07) is 27.5. The van der Waals surface area contributed by atoms with Gasteiger partial charge in [0.1, 0.15) is 17.5 Å². The summed E-state index contributed by atoms with van der Waals surface area (Å²) in [6.45, 7) is 3.90. The van der Waals surface area contributed by atoms with Crippen LogP contribution in [-0.2, 0) is 0 Å². The Morgan fingerprint density at radius 1 is 0.971 bits per heavy atom. The fraction of sp³-hybridized carbons (Fsp3) is 0.133. The molecule has 5 nitrogen and oxygen atoms in total. The lowest BCUT2D eigenvalue weighted by Crippen LogP contribution is -2.11. The zero-order valence-electron chi connectivity index (χ0n) is 19.5. The molecule has 0 aliphatic heterocycles. The maximum atomic E-state index is 12.4. The Bertz CT molecular complexity index is 1620. The number of ether oxygens (including phenoxy) is 1. The lowest BCUT2D eigenvalue weighted by Gasteiger charge is -2.20. The van der Waals surface area contributed by atoms with Gasteiger partial charge in [-0.15, -0.1) is 0 Å². The van der Waals surface area contributed by atoms with Crippen LogP contribution in [-0.4, -0.2) is 16.1 Å². The number of nitriles is 1. The Kier molecular flexibility index (Phi) is 5.72. The molecule has 5 heteroatoms. The van der Waals surface area contributed by atoms with Gasteiger partial charge in [0.05, 0.1) is 17.1 Å². The van der Waals surface area contributed by atoms with Crippen LogP contribution in [0.4, 0.5) is 0 Å². The Morgan fingerprint density at radius 2 is 1.66 bits per heavy atom. The second-order valence-electron chi connectivity index (χ2n) is 8.53. The third-order valence-corrected chi connectivity index (χ3v) is 6.54. The van der Waals surface area contributed by atoms with Crippen molar-refractivity contribution in [1.29, 1.82) is 5.26 Å². The van der Waals surface area contributed by atoms with Crippen molar-refractivity contribution < 1.29 is 14.6 Å². The van der Waals surface area contributed by atoms with E-state index in [-0.39, 0.29) is 5.69 Å². The summed E-state index contributed by atoms with van der Waals surface area (Å²) < 4.78 is 6.50. The SMILES string of the molecule is CCC(Oc1cccc2ccccc12)c1c(C(=O)O)[nH]c2c(-c3cccc(C#N)c3C)cccc12. The number of aromatic carboxylic acids is 1. The van der Waals surface area contributed by atoms with Gasteiger partial charge in [0.2, 0.25) is 0 Å². The van der Waals surface area contributed by atoms with E-state index in [4.69, 9.17) is 4.74 Å². The van der Waals surface area contributed by atoms with Crippen LogP contribution in [0.1, 0.15) is 46.6 Å². The van der Waals surface area contributed by atoms with Crippen LogP contribution in [0.5, 0.6) is 5.75 Å². The number of carbonyl (C=O) groups is 1. The van der Waals surface area contributed by atoms with Gasteiger partial charge >= 0.3 is 5.97 Å². The zero-order valence-corrected chi connectivity index (χ0v) is 19.5. The number of nitrogens with one attached hydrogen (secondary N) is 1. The molecule has 1 heterocycles. The van der Waals surface area contributed by atoms with Crippen LogP contribution in [0.2, 0.25) is 0 Å². The highest BCUT2D eigenvalue weighted by Gasteiger charge is 2.27. The van der Waals surface area contributed by atoms with Crippen molar-refractivity contribution in [2.75, 3.05) is 0 Å². The van der Waals surface area contributed by atoms with Gasteiger partial charge in [-0.05, 0) is 42.0 Å². The summed E-state index contributed by atoms with van der Waals surface area (Å²) in [4.78, 5) is 15.5. The summed E-state index contributed by atoms with van der Waals surface area (Å²) in [5.41, 5.74) is 4.66. The predicted molar refractivity (Wildman–Crippen MR) is 138 cm³/mol. The molecule has 1 atom stereocenters. The Morgan fingerprint density at radius 3 is 2.43 bits per heavy atom. The summed E-state index contributed by atoms with van der Waals surface area (Å²) in [6.07, 6.45) is 0.117. The molecule has 0 aliphatic rings. The topological polar surface area (TPSA) is 86.1 Å². The lowest BCUT2D eigenvalue weighted by molar-refractivity contribution is 0.0685. The molecule has 35 heavy (non-hydrogen) atoms. The van der Waals surface area contributed by atoms with Crippen molar-refractivity contribution in [2.45, 2.75) is 26.4 Å². The molecule has 0 saturated heterocycles. The first-order chi connectivity index (χ1) is 17.0. The summed E-state index contributed by atoms with van der Waals surface area (Å²) in [5, 5.41) is 22.5. The summed E-state index contributed by atoms with van der Waals surface area (Å²) in [5.74, 6) is -0.320. The highest BCUT2D eigenvalue weighted by molar-refractivity contribution is 6.03. The van der Waals surface area contributed by atoms with Gasteiger partial charge in [-0.25, -0.2) is 4.79 Å². The number of benzene rings is 4. The van der Waals surface area contributed by atoms with Gasteiger partial charge in [-0.1, -0.05) is 73.7 Å². The fourth-order valence-electron chi connectivity index (χ4n) is 4.81. The monoisotopic (exact) mass is 460 g/mol. The maximum Gasteiger partial charge on any atom is 0.352 e. The van der Waals surface area contributed by atoms with Crippen molar-refractivity contribution in [3.05, 3.63) is 101 Å². The first-order valence-corrected chi connectivity index (χ1v) is 11.6. The smallest absolute Gasteiger partial charge is 0.352 e. The number of carboxylic acids is 1. The molecule has 172 valence electrons. The first-order valence-electron chi connectivity index (χ1n) is 11.6.